The second-order valence-corrected chi connectivity index (χ2v) is 6.77. The Morgan fingerprint density at radius 3 is 2.67 bits per heavy atom. The van der Waals surface area contributed by atoms with Gasteiger partial charge in [0.1, 0.15) is 0 Å². The molecule has 3 nitrogen and oxygen atoms in total. The van der Waals surface area contributed by atoms with E-state index in [-0.39, 0.29) is 0 Å². The predicted molar refractivity (Wildman–Crippen MR) is 102 cm³/mol. The van der Waals surface area contributed by atoms with E-state index in [4.69, 9.17) is 4.84 Å². The number of unbranched alkanes of at least 4 members (excludes halogenated alkanes) is 1. The summed E-state index contributed by atoms with van der Waals surface area (Å²) >= 11 is 0. The van der Waals surface area contributed by atoms with Crippen LogP contribution in [0.1, 0.15) is 51.0 Å². The maximum Gasteiger partial charge on any atom is 0.0872 e. The summed E-state index contributed by atoms with van der Waals surface area (Å²) in [6.07, 6.45) is 9.49. The second kappa shape index (κ2) is 10.3. The first-order chi connectivity index (χ1) is 11.7. The molecule has 0 spiro atoms. The van der Waals surface area contributed by atoms with Crippen molar-refractivity contribution in [2.75, 3.05) is 27.2 Å². The minimum absolute atomic E-state index is 0.691. The van der Waals surface area contributed by atoms with Crippen molar-refractivity contribution in [1.29, 1.82) is 0 Å². The Balaban J connectivity index is 2.15. The number of nitrogens with one attached hydrogen (secondary N) is 1. The van der Waals surface area contributed by atoms with Crippen LogP contribution in [0.5, 0.6) is 0 Å². The molecule has 0 atom stereocenters. The first-order valence-electron chi connectivity index (χ1n) is 9.21. The fourth-order valence-electron chi connectivity index (χ4n) is 2.99. The summed E-state index contributed by atoms with van der Waals surface area (Å²) in [5.74, 6) is 0. The molecule has 1 aromatic rings. The van der Waals surface area contributed by atoms with Crippen LogP contribution in [0.4, 0.5) is 0 Å². The molecule has 0 amide bonds. The highest BCUT2D eigenvalue weighted by atomic mass is 16.6. The van der Waals surface area contributed by atoms with Crippen LogP contribution in [0.25, 0.3) is 6.08 Å². The van der Waals surface area contributed by atoms with Gasteiger partial charge in [-0.3, -0.25) is 10.3 Å². The minimum Gasteiger partial charge on any atom is -0.307 e. The Morgan fingerprint density at radius 1 is 1.17 bits per heavy atom. The van der Waals surface area contributed by atoms with Gasteiger partial charge < -0.3 is 4.90 Å². The monoisotopic (exact) mass is 328 g/mol. The van der Waals surface area contributed by atoms with Crippen molar-refractivity contribution in [2.24, 2.45) is 0 Å². The van der Waals surface area contributed by atoms with Crippen molar-refractivity contribution in [3.05, 3.63) is 52.7 Å². The molecule has 1 aliphatic carbocycles. The standard InChI is InChI=1S/C21H32N2O/c1-4-5-12-19-13-9-14-20(17-18-10-7-6-8-11-18)21(19)22-24-16-15-23(2)3/h6-8,10-11,17,22H,4-5,9,12-16H2,1-3H3. The van der Waals surface area contributed by atoms with Gasteiger partial charge in [0.2, 0.25) is 0 Å². The molecule has 0 aromatic heterocycles. The maximum atomic E-state index is 5.77. The summed E-state index contributed by atoms with van der Waals surface area (Å²) in [5, 5.41) is 0. The van der Waals surface area contributed by atoms with E-state index in [2.05, 4.69) is 67.8 Å². The minimum atomic E-state index is 0.691. The topological polar surface area (TPSA) is 24.5 Å². The zero-order chi connectivity index (χ0) is 17.2. The molecule has 1 aromatic carbocycles. The Hall–Kier alpha value is -1.58. The molecule has 0 heterocycles. The lowest BCUT2D eigenvalue weighted by Gasteiger charge is -2.25. The van der Waals surface area contributed by atoms with Gasteiger partial charge in [0, 0.05) is 6.54 Å². The molecule has 0 fully saturated rings. The number of hydroxylamine groups is 1. The maximum absolute atomic E-state index is 5.77. The molecule has 0 bridgehead atoms. The van der Waals surface area contributed by atoms with Crippen molar-refractivity contribution in [2.45, 2.75) is 45.4 Å². The number of hydrogen-bond donors (Lipinski definition) is 1. The molecule has 0 saturated heterocycles. The van der Waals surface area contributed by atoms with Gasteiger partial charge in [-0.05, 0) is 69.0 Å². The average Bonchev–Trinajstić information content (AvgIpc) is 2.59. The van der Waals surface area contributed by atoms with E-state index in [0.29, 0.717) is 6.61 Å². The Kier molecular flexibility index (Phi) is 8.06. The lowest BCUT2D eigenvalue weighted by Crippen LogP contribution is -2.25. The summed E-state index contributed by atoms with van der Waals surface area (Å²) in [6.45, 7) is 3.86. The van der Waals surface area contributed by atoms with Crippen LogP contribution >= 0.6 is 0 Å². The Labute approximate surface area is 147 Å². The molecule has 0 aliphatic heterocycles. The molecule has 0 unspecified atom stereocenters. The Bertz CT molecular complexity index is 546. The average molecular weight is 329 g/mol. The number of allylic oxidation sites excluding steroid dienone is 2. The highest BCUT2D eigenvalue weighted by Crippen LogP contribution is 2.32. The van der Waals surface area contributed by atoms with Crippen LogP contribution in [0.3, 0.4) is 0 Å². The first kappa shape index (κ1) is 18.8. The van der Waals surface area contributed by atoms with E-state index in [9.17, 15) is 0 Å². The van der Waals surface area contributed by atoms with E-state index in [1.165, 1.54) is 54.5 Å². The van der Waals surface area contributed by atoms with E-state index in [1.807, 2.05) is 0 Å². The van der Waals surface area contributed by atoms with Crippen LogP contribution < -0.4 is 5.48 Å². The van der Waals surface area contributed by atoms with Gasteiger partial charge in [-0.25, -0.2) is 0 Å². The molecule has 1 N–H and O–H groups in total. The summed E-state index contributed by atoms with van der Waals surface area (Å²) in [4.78, 5) is 7.91. The zero-order valence-corrected chi connectivity index (χ0v) is 15.5. The molecular formula is C21H32N2O. The van der Waals surface area contributed by atoms with Gasteiger partial charge in [0.25, 0.3) is 0 Å². The third kappa shape index (κ3) is 6.14. The van der Waals surface area contributed by atoms with Gasteiger partial charge in [-0.2, -0.15) is 0 Å². The summed E-state index contributed by atoms with van der Waals surface area (Å²) in [7, 11) is 4.13. The van der Waals surface area contributed by atoms with Gasteiger partial charge >= 0.3 is 0 Å². The van der Waals surface area contributed by atoms with Crippen molar-refractivity contribution in [3.63, 3.8) is 0 Å². The summed E-state index contributed by atoms with van der Waals surface area (Å²) < 4.78 is 0. The predicted octanol–water partition coefficient (Wildman–Crippen LogP) is 4.78. The van der Waals surface area contributed by atoms with Crippen molar-refractivity contribution < 1.29 is 4.84 Å². The zero-order valence-electron chi connectivity index (χ0n) is 15.5. The normalized spacial score (nSPS) is 16.9. The Morgan fingerprint density at radius 2 is 1.96 bits per heavy atom. The largest absolute Gasteiger partial charge is 0.307 e. The van der Waals surface area contributed by atoms with Crippen LogP contribution in [-0.2, 0) is 4.84 Å². The molecule has 0 saturated carbocycles. The molecule has 1 aliphatic rings. The van der Waals surface area contributed by atoms with E-state index >= 15 is 0 Å². The second-order valence-electron chi connectivity index (χ2n) is 6.77. The SMILES string of the molecule is CCCCC1=C(NOCCN(C)C)C(=Cc2ccccc2)CCC1. The van der Waals surface area contributed by atoms with Crippen LogP contribution in [0.2, 0.25) is 0 Å². The lowest BCUT2D eigenvalue weighted by molar-refractivity contribution is 0.0523. The summed E-state index contributed by atoms with van der Waals surface area (Å²) in [6, 6.07) is 10.6. The number of rotatable bonds is 9. The summed E-state index contributed by atoms with van der Waals surface area (Å²) in [5.41, 5.74) is 8.69. The van der Waals surface area contributed by atoms with Gasteiger partial charge in [0.05, 0.1) is 12.3 Å². The molecule has 24 heavy (non-hydrogen) atoms. The van der Waals surface area contributed by atoms with Crippen molar-refractivity contribution >= 4 is 6.08 Å². The van der Waals surface area contributed by atoms with E-state index in [0.717, 1.165) is 13.0 Å². The quantitative estimate of drug-likeness (QED) is 0.521. The van der Waals surface area contributed by atoms with E-state index in [1.54, 1.807) is 0 Å². The molecule has 0 radical (unpaired) electrons. The number of nitrogens with zero attached hydrogens (tertiary/aromatic N) is 1. The van der Waals surface area contributed by atoms with Crippen molar-refractivity contribution in [3.8, 4) is 0 Å². The van der Waals surface area contributed by atoms with E-state index < -0.39 is 0 Å². The van der Waals surface area contributed by atoms with Gasteiger partial charge in [-0.15, -0.1) is 0 Å². The molecule has 2 rings (SSSR count). The fourth-order valence-corrected chi connectivity index (χ4v) is 2.99. The van der Waals surface area contributed by atoms with Crippen LogP contribution in [0.15, 0.2) is 47.2 Å². The smallest absolute Gasteiger partial charge is 0.0872 e. The first-order valence-corrected chi connectivity index (χ1v) is 9.21. The molecule has 3 heteroatoms. The van der Waals surface area contributed by atoms with Crippen molar-refractivity contribution in [1.82, 2.24) is 10.4 Å². The highest BCUT2D eigenvalue weighted by molar-refractivity contribution is 5.59. The highest BCUT2D eigenvalue weighted by Gasteiger charge is 2.17. The van der Waals surface area contributed by atoms with Gasteiger partial charge in [0.15, 0.2) is 0 Å². The van der Waals surface area contributed by atoms with Crippen LogP contribution in [0, 0.1) is 0 Å². The number of hydrogen-bond acceptors (Lipinski definition) is 3. The molecular weight excluding hydrogens is 296 g/mol. The number of likely N-dealkylation sites (N-methyl/N-ethyl adjacent to an activating group) is 1. The van der Waals surface area contributed by atoms with Gasteiger partial charge in [-0.1, -0.05) is 43.7 Å². The lowest BCUT2D eigenvalue weighted by atomic mass is 9.88. The molecule has 132 valence electrons. The number of benzene rings is 1. The fraction of sp³-hybridized carbons (Fsp3) is 0.524. The van der Waals surface area contributed by atoms with Crippen LogP contribution in [-0.4, -0.2) is 32.1 Å². The third-order valence-electron chi connectivity index (χ3n) is 4.39. The third-order valence-corrected chi connectivity index (χ3v) is 4.39.